The first kappa shape index (κ1) is 9.80. The van der Waals surface area contributed by atoms with Crippen LogP contribution in [0.4, 0.5) is 10.1 Å². The summed E-state index contributed by atoms with van der Waals surface area (Å²) < 4.78 is 13.0. The predicted octanol–water partition coefficient (Wildman–Crippen LogP) is 2.91. The average molecular weight is 232 g/mol. The second kappa shape index (κ2) is 3.44. The summed E-state index contributed by atoms with van der Waals surface area (Å²) in [6.45, 7) is 1.77. The molecule has 2 nitrogen and oxygen atoms in total. The molecule has 1 N–H and O–H groups in total. The molecule has 0 bridgehead atoms. The number of rotatable bonds is 0. The Labute approximate surface area is 89.8 Å². The van der Waals surface area contributed by atoms with Crippen molar-refractivity contribution in [2.45, 2.75) is 17.1 Å². The molecular weight excluding hydrogens is 225 g/mol. The average Bonchev–Trinajstić information content (AvgIpc) is 2.08. The second-order valence-electron chi connectivity index (χ2n) is 3.01. The highest BCUT2D eigenvalue weighted by Gasteiger charge is 2.25. The van der Waals surface area contributed by atoms with Crippen LogP contribution in [-0.4, -0.2) is 11.2 Å². The summed E-state index contributed by atoms with van der Waals surface area (Å²) in [5.41, 5.74) is 0.515. The van der Waals surface area contributed by atoms with E-state index in [1.807, 2.05) is 0 Å². The van der Waals surface area contributed by atoms with Crippen molar-refractivity contribution in [3.8, 4) is 0 Å². The molecule has 1 aliphatic heterocycles. The third kappa shape index (κ3) is 1.60. The molecular formula is C9H7ClFNOS. The zero-order valence-electron chi connectivity index (χ0n) is 7.30. The van der Waals surface area contributed by atoms with E-state index in [9.17, 15) is 9.18 Å². The highest BCUT2D eigenvalue weighted by atomic mass is 35.5. The molecule has 1 aromatic rings. The molecule has 1 aliphatic rings. The molecule has 0 aliphatic carbocycles. The molecule has 1 unspecified atom stereocenters. The lowest BCUT2D eigenvalue weighted by Gasteiger charge is -2.22. The van der Waals surface area contributed by atoms with Gasteiger partial charge in [-0.2, -0.15) is 0 Å². The lowest BCUT2D eigenvalue weighted by atomic mass is 10.3. The van der Waals surface area contributed by atoms with Crippen LogP contribution in [-0.2, 0) is 4.79 Å². The van der Waals surface area contributed by atoms with Crippen LogP contribution in [0.3, 0.4) is 0 Å². The minimum atomic E-state index is -0.385. The number of hydrogen-bond acceptors (Lipinski definition) is 2. The van der Waals surface area contributed by atoms with Crippen molar-refractivity contribution in [2.24, 2.45) is 0 Å². The Kier molecular flexibility index (Phi) is 2.41. The van der Waals surface area contributed by atoms with Crippen LogP contribution in [0.25, 0.3) is 0 Å². The van der Waals surface area contributed by atoms with Gasteiger partial charge in [0.2, 0.25) is 5.91 Å². The van der Waals surface area contributed by atoms with E-state index in [1.54, 1.807) is 6.92 Å². The highest BCUT2D eigenvalue weighted by Crippen LogP contribution is 2.40. The fourth-order valence-corrected chi connectivity index (χ4v) is 2.55. The van der Waals surface area contributed by atoms with Gasteiger partial charge in [-0.3, -0.25) is 4.79 Å². The molecule has 0 spiro atoms. The van der Waals surface area contributed by atoms with Crippen LogP contribution in [0.5, 0.6) is 0 Å². The normalized spacial score (nSPS) is 20.2. The van der Waals surface area contributed by atoms with E-state index in [0.717, 1.165) is 0 Å². The minimum Gasteiger partial charge on any atom is -0.323 e. The summed E-state index contributed by atoms with van der Waals surface area (Å²) >= 11 is 7.10. The van der Waals surface area contributed by atoms with Crippen molar-refractivity contribution in [2.75, 3.05) is 5.32 Å². The largest absolute Gasteiger partial charge is 0.323 e. The monoisotopic (exact) mass is 231 g/mol. The number of hydrogen-bond donors (Lipinski definition) is 1. The standard InChI is InChI=1S/C9H7ClFNOS/c1-4-9(13)12-8-6(10)2-5(11)3-7(8)14-4/h2-4H,1H3,(H,12,13). The highest BCUT2D eigenvalue weighted by molar-refractivity contribution is 8.01. The van der Waals surface area contributed by atoms with Crippen LogP contribution < -0.4 is 5.32 Å². The molecule has 1 heterocycles. The molecule has 0 saturated heterocycles. The lowest BCUT2D eigenvalue weighted by Crippen LogP contribution is -2.26. The Bertz CT molecular complexity index is 410. The lowest BCUT2D eigenvalue weighted by molar-refractivity contribution is -0.115. The van der Waals surface area contributed by atoms with E-state index in [-0.39, 0.29) is 22.0 Å². The molecule has 14 heavy (non-hydrogen) atoms. The van der Waals surface area contributed by atoms with Crippen molar-refractivity contribution in [3.63, 3.8) is 0 Å². The second-order valence-corrected chi connectivity index (χ2v) is 4.80. The van der Waals surface area contributed by atoms with E-state index >= 15 is 0 Å². The number of benzene rings is 1. The number of carbonyl (C=O) groups is 1. The fourth-order valence-electron chi connectivity index (χ4n) is 1.23. The molecule has 74 valence electrons. The van der Waals surface area contributed by atoms with Crippen molar-refractivity contribution in [1.29, 1.82) is 0 Å². The quantitative estimate of drug-likeness (QED) is 0.744. The Morgan fingerprint density at radius 1 is 1.57 bits per heavy atom. The molecule has 1 atom stereocenters. The van der Waals surface area contributed by atoms with Gasteiger partial charge >= 0.3 is 0 Å². The van der Waals surface area contributed by atoms with Gasteiger partial charge in [-0.1, -0.05) is 11.6 Å². The van der Waals surface area contributed by atoms with Crippen molar-refractivity contribution in [1.82, 2.24) is 0 Å². The Hall–Kier alpha value is -0.740. The molecule has 0 saturated carbocycles. The van der Waals surface area contributed by atoms with Crippen LogP contribution in [0.1, 0.15) is 6.92 Å². The maximum atomic E-state index is 13.0. The first-order chi connectivity index (χ1) is 6.58. The Balaban J connectivity index is 2.51. The maximum Gasteiger partial charge on any atom is 0.237 e. The van der Waals surface area contributed by atoms with Crippen molar-refractivity contribution >= 4 is 35.0 Å². The number of nitrogens with one attached hydrogen (secondary N) is 1. The third-order valence-corrected chi connectivity index (χ3v) is 3.38. The van der Waals surface area contributed by atoms with Gasteiger partial charge in [0.15, 0.2) is 0 Å². The van der Waals surface area contributed by atoms with Gasteiger partial charge in [-0.25, -0.2) is 4.39 Å². The summed E-state index contributed by atoms with van der Waals surface area (Å²) in [4.78, 5) is 12.0. The summed E-state index contributed by atoms with van der Waals surface area (Å²) in [5, 5.41) is 2.68. The first-order valence-corrected chi connectivity index (χ1v) is 5.30. The van der Waals surface area contributed by atoms with Crippen LogP contribution >= 0.6 is 23.4 Å². The van der Waals surface area contributed by atoms with Gasteiger partial charge in [0.1, 0.15) is 5.82 Å². The van der Waals surface area contributed by atoms with E-state index < -0.39 is 0 Å². The zero-order valence-corrected chi connectivity index (χ0v) is 8.88. The predicted molar refractivity (Wildman–Crippen MR) is 55.4 cm³/mol. The molecule has 1 amide bonds. The number of halogens is 2. The fraction of sp³-hybridized carbons (Fsp3) is 0.222. The summed E-state index contributed by atoms with van der Waals surface area (Å²) in [6, 6.07) is 2.57. The molecule has 0 fully saturated rings. The number of carbonyl (C=O) groups excluding carboxylic acids is 1. The number of amides is 1. The summed E-state index contributed by atoms with van der Waals surface area (Å²) in [5.74, 6) is -0.486. The summed E-state index contributed by atoms with van der Waals surface area (Å²) in [7, 11) is 0. The Morgan fingerprint density at radius 3 is 3.00 bits per heavy atom. The van der Waals surface area contributed by atoms with Gasteiger partial charge < -0.3 is 5.32 Å². The Morgan fingerprint density at radius 2 is 2.29 bits per heavy atom. The van der Waals surface area contributed by atoms with Crippen molar-refractivity contribution < 1.29 is 9.18 Å². The number of thioether (sulfide) groups is 1. The molecule has 0 aromatic heterocycles. The van der Waals surface area contributed by atoms with Gasteiger partial charge in [-0.05, 0) is 19.1 Å². The van der Waals surface area contributed by atoms with E-state index in [4.69, 9.17) is 11.6 Å². The summed E-state index contributed by atoms with van der Waals surface area (Å²) in [6.07, 6.45) is 0. The van der Waals surface area contributed by atoms with Crippen LogP contribution in [0.2, 0.25) is 5.02 Å². The van der Waals surface area contributed by atoms with Gasteiger partial charge in [0, 0.05) is 4.90 Å². The van der Waals surface area contributed by atoms with E-state index in [0.29, 0.717) is 10.6 Å². The van der Waals surface area contributed by atoms with Gasteiger partial charge in [0.25, 0.3) is 0 Å². The topological polar surface area (TPSA) is 29.1 Å². The molecule has 2 rings (SSSR count). The van der Waals surface area contributed by atoms with Gasteiger partial charge in [-0.15, -0.1) is 11.8 Å². The first-order valence-electron chi connectivity index (χ1n) is 4.04. The molecule has 1 aromatic carbocycles. The third-order valence-electron chi connectivity index (χ3n) is 1.94. The van der Waals surface area contributed by atoms with E-state index in [1.165, 1.54) is 23.9 Å². The van der Waals surface area contributed by atoms with E-state index in [2.05, 4.69) is 5.32 Å². The van der Waals surface area contributed by atoms with Crippen LogP contribution in [0, 0.1) is 5.82 Å². The minimum absolute atomic E-state index is 0.101. The number of fused-ring (bicyclic) bond motifs is 1. The van der Waals surface area contributed by atoms with Gasteiger partial charge in [0.05, 0.1) is 16.0 Å². The molecule has 5 heteroatoms. The SMILES string of the molecule is CC1Sc2cc(F)cc(Cl)c2NC1=O. The van der Waals surface area contributed by atoms with Crippen LogP contribution in [0.15, 0.2) is 17.0 Å². The number of anilines is 1. The van der Waals surface area contributed by atoms with Crippen molar-refractivity contribution in [3.05, 3.63) is 23.0 Å². The maximum absolute atomic E-state index is 13.0. The molecule has 0 radical (unpaired) electrons. The smallest absolute Gasteiger partial charge is 0.237 e. The zero-order chi connectivity index (χ0) is 10.3.